The minimum Gasteiger partial charge on any atom is -0.489 e. The molecule has 0 unspecified atom stereocenters. The van der Waals surface area contributed by atoms with Gasteiger partial charge in [-0.25, -0.2) is 18.0 Å². The zero-order chi connectivity index (χ0) is 15.4. The van der Waals surface area contributed by atoms with E-state index in [4.69, 9.17) is 4.74 Å². The van der Waals surface area contributed by atoms with Crippen molar-refractivity contribution in [3.63, 3.8) is 0 Å². The summed E-state index contributed by atoms with van der Waals surface area (Å²) in [6.07, 6.45) is 0. The Morgan fingerprint density at radius 3 is 2.38 bits per heavy atom. The van der Waals surface area contributed by atoms with E-state index in [-0.39, 0.29) is 17.9 Å². The molecule has 0 heterocycles. The molecule has 21 heavy (non-hydrogen) atoms. The fourth-order valence-electron chi connectivity index (χ4n) is 1.66. The number of methoxy groups -OCH3 is 1. The Kier molecular flexibility index (Phi) is 4.47. The molecule has 2 aromatic rings. The van der Waals surface area contributed by atoms with Gasteiger partial charge in [0, 0.05) is 6.07 Å². The fraction of sp³-hybridized carbons (Fsp3) is 0.133. The number of rotatable bonds is 4. The SMILES string of the molecule is COC(=O)c1ccc(COc2ccc(F)c(F)c2)cc1F. The summed E-state index contributed by atoms with van der Waals surface area (Å²) in [5, 5.41) is 0. The quantitative estimate of drug-likeness (QED) is 0.810. The van der Waals surface area contributed by atoms with E-state index in [1.165, 1.54) is 18.2 Å². The number of hydrogen-bond donors (Lipinski definition) is 0. The smallest absolute Gasteiger partial charge is 0.340 e. The second-order valence-corrected chi connectivity index (χ2v) is 4.17. The summed E-state index contributed by atoms with van der Waals surface area (Å²) in [7, 11) is 1.15. The maximum atomic E-state index is 13.7. The van der Waals surface area contributed by atoms with Crippen LogP contribution in [0.3, 0.4) is 0 Å². The first-order chi connectivity index (χ1) is 10.0. The summed E-state index contributed by atoms with van der Waals surface area (Å²) < 4.78 is 49.0. The van der Waals surface area contributed by atoms with Crippen LogP contribution in [0.5, 0.6) is 5.75 Å². The number of halogens is 3. The summed E-state index contributed by atoms with van der Waals surface area (Å²) in [5.74, 6) is -3.41. The molecular weight excluding hydrogens is 285 g/mol. The minimum absolute atomic E-state index is 0.0521. The molecule has 3 nitrogen and oxygen atoms in total. The lowest BCUT2D eigenvalue weighted by Gasteiger charge is -2.08. The van der Waals surface area contributed by atoms with Crippen molar-refractivity contribution in [2.75, 3.05) is 7.11 Å². The molecule has 0 N–H and O–H groups in total. The van der Waals surface area contributed by atoms with E-state index in [2.05, 4.69) is 4.74 Å². The third-order valence-electron chi connectivity index (χ3n) is 2.74. The molecule has 0 aromatic heterocycles. The summed E-state index contributed by atoms with van der Waals surface area (Å²) >= 11 is 0. The first-order valence-electron chi connectivity index (χ1n) is 5.96. The molecule has 0 saturated carbocycles. The minimum atomic E-state index is -1.03. The third-order valence-corrected chi connectivity index (χ3v) is 2.74. The van der Waals surface area contributed by atoms with Gasteiger partial charge in [-0.1, -0.05) is 6.07 Å². The van der Waals surface area contributed by atoms with Crippen molar-refractivity contribution in [3.05, 3.63) is 65.0 Å². The monoisotopic (exact) mass is 296 g/mol. The van der Waals surface area contributed by atoms with Crippen molar-refractivity contribution in [3.8, 4) is 5.75 Å². The second kappa shape index (κ2) is 6.30. The van der Waals surface area contributed by atoms with Gasteiger partial charge in [-0.2, -0.15) is 0 Å². The standard InChI is InChI=1S/C15H11F3O3/c1-20-15(19)11-4-2-9(6-13(11)17)8-21-10-3-5-12(16)14(18)7-10/h2-7H,8H2,1H3. The predicted octanol–water partition coefficient (Wildman–Crippen LogP) is 3.47. The predicted molar refractivity (Wildman–Crippen MR) is 68.4 cm³/mol. The van der Waals surface area contributed by atoms with Gasteiger partial charge in [0.05, 0.1) is 12.7 Å². The molecule has 0 saturated heterocycles. The number of esters is 1. The van der Waals surface area contributed by atoms with Crippen LogP contribution in [-0.2, 0) is 11.3 Å². The van der Waals surface area contributed by atoms with Crippen molar-refractivity contribution in [1.29, 1.82) is 0 Å². The van der Waals surface area contributed by atoms with Crippen LogP contribution in [0.2, 0.25) is 0 Å². The van der Waals surface area contributed by atoms with Crippen LogP contribution >= 0.6 is 0 Å². The van der Waals surface area contributed by atoms with Crippen LogP contribution in [0.15, 0.2) is 36.4 Å². The van der Waals surface area contributed by atoms with Crippen LogP contribution in [0.4, 0.5) is 13.2 Å². The van der Waals surface area contributed by atoms with Crippen LogP contribution in [-0.4, -0.2) is 13.1 Å². The molecule has 0 fully saturated rings. The first kappa shape index (κ1) is 14.9. The lowest BCUT2D eigenvalue weighted by molar-refractivity contribution is 0.0595. The number of ether oxygens (including phenoxy) is 2. The number of hydrogen-bond acceptors (Lipinski definition) is 3. The number of carbonyl (C=O) groups is 1. The zero-order valence-corrected chi connectivity index (χ0v) is 11.0. The van der Waals surface area contributed by atoms with Crippen molar-refractivity contribution in [1.82, 2.24) is 0 Å². The van der Waals surface area contributed by atoms with Gasteiger partial charge < -0.3 is 9.47 Å². The Morgan fingerprint density at radius 1 is 1.00 bits per heavy atom. The Hall–Kier alpha value is -2.50. The average Bonchev–Trinajstić information content (AvgIpc) is 2.48. The van der Waals surface area contributed by atoms with Crippen molar-refractivity contribution in [2.45, 2.75) is 6.61 Å². The molecule has 2 aromatic carbocycles. The van der Waals surface area contributed by atoms with Crippen LogP contribution in [0.25, 0.3) is 0 Å². The highest BCUT2D eigenvalue weighted by atomic mass is 19.2. The molecular formula is C15H11F3O3. The van der Waals surface area contributed by atoms with Crippen molar-refractivity contribution in [2.24, 2.45) is 0 Å². The largest absolute Gasteiger partial charge is 0.489 e. The molecule has 6 heteroatoms. The van der Waals surface area contributed by atoms with E-state index < -0.39 is 23.4 Å². The fourth-order valence-corrected chi connectivity index (χ4v) is 1.66. The highest BCUT2D eigenvalue weighted by Crippen LogP contribution is 2.18. The molecule has 0 aliphatic carbocycles. The molecule has 2 rings (SSSR count). The topological polar surface area (TPSA) is 35.5 Å². The Balaban J connectivity index is 2.08. The van der Waals surface area contributed by atoms with Crippen molar-refractivity contribution < 1.29 is 27.4 Å². The average molecular weight is 296 g/mol. The van der Waals surface area contributed by atoms with E-state index in [9.17, 15) is 18.0 Å². The lowest BCUT2D eigenvalue weighted by Crippen LogP contribution is -2.05. The normalized spacial score (nSPS) is 10.3. The zero-order valence-electron chi connectivity index (χ0n) is 11.0. The summed E-state index contributed by atoms with van der Waals surface area (Å²) in [5.41, 5.74) is 0.249. The Morgan fingerprint density at radius 2 is 1.76 bits per heavy atom. The third kappa shape index (κ3) is 3.53. The number of carbonyl (C=O) groups excluding carboxylic acids is 1. The van der Waals surface area contributed by atoms with E-state index in [1.807, 2.05) is 0 Å². The highest BCUT2D eigenvalue weighted by Gasteiger charge is 2.12. The summed E-state index contributed by atoms with van der Waals surface area (Å²) in [6, 6.07) is 6.96. The molecule has 110 valence electrons. The molecule has 0 aliphatic heterocycles. The lowest BCUT2D eigenvalue weighted by atomic mass is 10.1. The Labute approximate surface area is 118 Å². The van der Waals surface area contributed by atoms with Gasteiger partial charge in [0.15, 0.2) is 11.6 Å². The van der Waals surface area contributed by atoms with Gasteiger partial charge in [-0.05, 0) is 29.8 Å². The van der Waals surface area contributed by atoms with E-state index >= 15 is 0 Å². The van der Waals surface area contributed by atoms with Gasteiger partial charge in [-0.3, -0.25) is 0 Å². The summed E-state index contributed by atoms with van der Waals surface area (Å²) in [6.45, 7) is -0.0521. The Bertz CT molecular complexity index is 671. The molecule has 0 aliphatic rings. The van der Waals surface area contributed by atoms with Gasteiger partial charge in [0.25, 0.3) is 0 Å². The second-order valence-electron chi connectivity index (χ2n) is 4.17. The molecule has 0 bridgehead atoms. The first-order valence-corrected chi connectivity index (χ1v) is 5.96. The van der Waals surface area contributed by atoms with Gasteiger partial charge in [0.2, 0.25) is 0 Å². The molecule has 0 radical (unpaired) electrons. The number of benzene rings is 2. The molecule has 0 amide bonds. The van der Waals surface area contributed by atoms with E-state index in [0.29, 0.717) is 5.56 Å². The van der Waals surface area contributed by atoms with Crippen molar-refractivity contribution >= 4 is 5.97 Å². The maximum Gasteiger partial charge on any atom is 0.340 e. The molecule has 0 atom stereocenters. The van der Waals surface area contributed by atoms with Crippen LogP contribution in [0, 0.1) is 17.5 Å². The van der Waals surface area contributed by atoms with E-state index in [1.54, 1.807) is 0 Å². The van der Waals surface area contributed by atoms with Gasteiger partial charge in [-0.15, -0.1) is 0 Å². The van der Waals surface area contributed by atoms with Gasteiger partial charge in [0.1, 0.15) is 18.2 Å². The summed E-state index contributed by atoms with van der Waals surface area (Å²) in [4.78, 5) is 11.2. The van der Waals surface area contributed by atoms with Gasteiger partial charge >= 0.3 is 5.97 Å². The van der Waals surface area contributed by atoms with E-state index in [0.717, 1.165) is 25.3 Å². The maximum absolute atomic E-state index is 13.7. The van der Waals surface area contributed by atoms with Crippen LogP contribution < -0.4 is 4.74 Å². The van der Waals surface area contributed by atoms with Crippen LogP contribution in [0.1, 0.15) is 15.9 Å². The molecule has 0 spiro atoms. The highest BCUT2D eigenvalue weighted by molar-refractivity contribution is 5.89.